The number of hydrogen-bond acceptors (Lipinski definition) is 3. The van der Waals surface area contributed by atoms with Crippen molar-refractivity contribution in [3.8, 4) is 0 Å². The molecule has 0 bridgehead atoms. The molecule has 1 aliphatic rings. The lowest BCUT2D eigenvalue weighted by molar-refractivity contribution is -0.148. The second-order valence-corrected chi connectivity index (χ2v) is 7.62. The van der Waals surface area contributed by atoms with E-state index in [0.29, 0.717) is 5.92 Å². The van der Waals surface area contributed by atoms with Gasteiger partial charge in [0.2, 0.25) is 0 Å². The summed E-state index contributed by atoms with van der Waals surface area (Å²) in [5.74, 6) is -0.579. The van der Waals surface area contributed by atoms with Crippen LogP contribution in [0.3, 0.4) is 0 Å². The Hall–Kier alpha value is -1.35. The molecule has 2 rings (SSSR count). The molecule has 1 N–H and O–H groups in total. The van der Waals surface area contributed by atoms with E-state index in [1.165, 1.54) is 6.92 Å². The second-order valence-electron chi connectivity index (χ2n) is 7.62. The van der Waals surface area contributed by atoms with E-state index < -0.39 is 24.0 Å². The normalized spacial score (nSPS) is 30.1. The van der Waals surface area contributed by atoms with Crippen molar-refractivity contribution in [3.05, 3.63) is 35.4 Å². The number of esters is 1. The molecular formula is C20H31NO2. The molecular weight excluding hydrogens is 286 g/mol. The van der Waals surface area contributed by atoms with Crippen LogP contribution < -0.4 is 5.32 Å². The summed E-state index contributed by atoms with van der Waals surface area (Å²) in [5, 5.41) is 3.69. The van der Waals surface area contributed by atoms with Gasteiger partial charge < -0.3 is 10.1 Å². The van der Waals surface area contributed by atoms with Crippen LogP contribution in [-0.4, -0.2) is 23.6 Å². The van der Waals surface area contributed by atoms with Crippen molar-refractivity contribution < 1.29 is 12.3 Å². The van der Waals surface area contributed by atoms with Crippen LogP contribution in [-0.2, 0) is 9.53 Å². The largest absolute Gasteiger partial charge is 0.465 e. The Labute approximate surface area is 143 Å². The first-order chi connectivity index (χ1) is 11.4. The lowest BCUT2D eigenvalue weighted by Gasteiger charge is -2.51. The maximum Gasteiger partial charge on any atom is 0.315 e. The van der Waals surface area contributed by atoms with E-state index in [2.05, 4.69) is 33.0 Å². The van der Waals surface area contributed by atoms with Gasteiger partial charge in [0.15, 0.2) is 0 Å². The van der Waals surface area contributed by atoms with Crippen molar-refractivity contribution in [2.45, 2.75) is 71.4 Å². The summed E-state index contributed by atoms with van der Waals surface area (Å²) in [6.07, 6.45) is 1.84. The summed E-state index contributed by atoms with van der Waals surface area (Å²) in [6.45, 7) is 9.86. The van der Waals surface area contributed by atoms with Gasteiger partial charge in [-0.1, -0.05) is 31.2 Å². The van der Waals surface area contributed by atoms with Gasteiger partial charge in [0.1, 0.15) is 0 Å². The first kappa shape index (κ1) is 15.2. The molecule has 0 radical (unpaired) electrons. The Morgan fingerprint density at radius 2 is 2.09 bits per heavy atom. The van der Waals surface area contributed by atoms with Crippen molar-refractivity contribution >= 4 is 5.97 Å². The SMILES string of the molecule is [2H]C([2H])(C)OC(=O)[C@H](c1ccccc1C)[C@@]1(C)CCC(C)C(C)(C)N1. The fraction of sp³-hybridized carbons (Fsp3) is 0.650. The Balaban J connectivity index is 2.48. The first-order valence-electron chi connectivity index (χ1n) is 9.43. The third-order valence-electron chi connectivity index (χ3n) is 5.51. The van der Waals surface area contributed by atoms with Gasteiger partial charge in [-0.3, -0.25) is 4.79 Å². The highest BCUT2D eigenvalue weighted by atomic mass is 16.5. The minimum absolute atomic E-state index is 0.112. The molecule has 1 fully saturated rings. The smallest absolute Gasteiger partial charge is 0.315 e. The number of hydrogen-bond donors (Lipinski definition) is 1. The molecule has 1 saturated heterocycles. The molecule has 1 heterocycles. The van der Waals surface area contributed by atoms with E-state index in [9.17, 15) is 4.79 Å². The minimum atomic E-state index is -1.99. The third kappa shape index (κ3) is 3.60. The topological polar surface area (TPSA) is 38.3 Å². The van der Waals surface area contributed by atoms with Gasteiger partial charge in [-0.05, 0) is 64.5 Å². The van der Waals surface area contributed by atoms with Crippen LogP contribution >= 0.6 is 0 Å². The number of carbonyl (C=O) groups is 1. The predicted octanol–water partition coefficient (Wildman–Crippen LogP) is 4.20. The zero-order valence-corrected chi connectivity index (χ0v) is 15.2. The van der Waals surface area contributed by atoms with E-state index in [1.54, 1.807) is 0 Å². The molecule has 23 heavy (non-hydrogen) atoms. The summed E-state index contributed by atoms with van der Waals surface area (Å²) < 4.78 is 20.5. The lowest BCUT2D eigenvalue weighted by Crippen LogP contribution is -2.64. The Bertz CT molecular complexity index is 639. The van der Waals surface area contributed by atoms with Gasteiger partial charge in [0.25, 0.3) is 0 Å². The summed E-state index contributed by atoms with van der Waals surface area (Å²) >= 11 is 0. The fourth-order valence-corrected chi connectivity index (χ4v) is 3.82. The average Bonchev–Trinajstić information content (AvgIpc) is 2.43. The van der Waals surface area contributed by atoms with Crippen LogP contribution in [0.25, 0.3) is 0 Å². The molecule has 0 spiro atoms. The highest BCUT2D eigenvalue weighted by Crippen LogP contribution is 2.42. The minimum Gasteiger partial charge on any atom is -0.465 e. The Morgan fingerprint density at radius 3 is 2.65 bits per heavy atom. The summed E-state index contributed by atoms with van der Waals surface area (Å²) in [4.78, 5) is 13.0. The highest BCUT2D eigenvalue weighted by molar-refractivity contribution is 5.80. The zero-order valence-electron chi connectivity index (χ0n) is 17.2. The number of carbonyl (C=O) groups excluding carboxylic acids is 1. The van der Waals surface area contributed by atoms with Crippen molar-refractivity contribution in [2.24, 2.45) is 5.92 Å². The second kappa shape index (κ2) is 6.64. The molecule has 3 nitrogen and oxygen atoms in total. The molecule has 1 aromatic carbocycles. The predicted molar refractivity (Wildman–Crippen MR) is 94.6 cm³/mol. The quantitative estimate of drug-likeness (QED) is 0.845. The maximum absolute atomic E-state index is 13.0. The molecule has 1 aliphatic heterocycles. The average molecular weight is 319 g/mol. The summed E-state index contributed by atoms with van der Waals surface area (Å²) in [5.41, 5.74) is 1.31. The molecule has 0 aliphatic carbocycles. The van der Waals surface area contributed by atoms with Crippen molar-refractivity contribution in [3.63, 3.8) is 0 Å². The van der Waals surface area contributed by atoms with Gasteiger partial charge >= 0.3 is 5.97 Å². The van der Waals surface area contributed by atoms with E-state index in [1.807, 2.05) is 31.2 Å². The number of aryl methyl sites for hydroxylation is 1. The maximum atomic E-state index is 13.0. The van der Waals surface area contributed by atoms with E-state index >= 15 is 0 Å². The molecule has 0 saturated carbocycles. The Morgan fingerprint density at radius 1 is 1.43 bits per heavy atom. The van der Waals surface area contributed by atoms with E-state index in [0.717, 1.165) is 24.0 Å². The van der Waals surface area contributed by atoms with Gasteiger partial charge in [-0.15, -0.1) is 0 Å². The number of ether oxygens (including phenoxy) is 1. The summed E-state index contributed by atoms with van der Waals surface area (Å²) in [6, 6.07) is 7.80. The zero-order chi connectivity index (χ0) is 19.0. The molecule has 1 aromatic rings. The number of rotatable bonds is 4. The van der Waals surface area contributed by atoms with Crippen molar-refractivity contribution in [2.75, 3.05) is 6.56 Å². The van der Waals surface area contributed by atoms with Gasteiger partial charge in [-0.2, -0.15) is 0 Å². The molecule has 3 heteroatoms. The number of piperidine rings is 1. The van der Waals surface area contributed by atoms with Crippen LogP contribution in [0.4, 0.5) is 0 Å². The summed E-state index contributed by atoms with van der Waals surface area (Å²) in [7, 11) is 0. The number of nitrogens with one attached hydrogen (secondary N) is 1. The van der Waals surface area contributed by atoms with Crippen LogP contribution in [0.5, 0.6) is 0 Å². The van der Waals surface area contributed by atoms with Crippen molar-refractivity contribution in [1.82, 2.24) is 5.32 Å². The van der Waals surface area contributed by atoms with Gasteiger partial charge in [-0.25, -0.2) is 0 Å². The molecule has 128 valence electrons. The molecule has 0 amide bonds. The van der Waals surface area contributed by atoms with E-state index in [4.69, 9.17) is 7.48 Å². The van der Waals surface area contributed by atoms with Crippen LogP contribution in [0.15, 0.2) is 24.3 Å². The first-order valence-corrected chi connectivity index (χ1v) is 8.43. The van der Waals surface area contributed by atoms with Crippen LogP contribution in [0.1, 0.15) is 67.2 Å². The Kier molecular flexibility index (Phi) is 4.39. The highest BCUT2D eigenvalue weighted by Gasteiger charge is 2.48. The molecule has 0 aromatic heterocycles. The standard InChI is InChI=1S/C20H31NO2/c1-7-23-18(22)17(16-11-9-8-10-14(16)2)20(6)13-12-15(3)19(4,5)21-20/h8-11,15,17,21H,7,12-13H2,1-6H3/t15?,17-,20+/m0/s1/i7D2. The van der Waals surface area contributed by atoms with Gasteiger partial charge in [0, 0.05) is 11.1 Å². The molecule has 3 atom stereocenters. The fourth-order valence-electron chi connectivity index (χ4n) is 3.82. The monoisotopic (exact) mass is 319 g/mol. The third-order valence-corrected chi connectivity index (χ3v) is 5.51. The van der Waals surface area contributed by atoms with Gasteiger partial charge in [0.05, 0.1) is 15.2 Å². The van der Waals surface area contributed by atoms with E-state index in [-0.39, 0.29) is 5.54 Å². The van der Waals surface area contributed by atoms with Crippen LogP contribution in [0, 0.1) is 12.8 Å². The van der Waals surface area contributed by atoms with Crippen molar-refractivity contribution in [1.29, 1.82) is 0 Å². The van der Waals surface area contributed by atoms with Crippen LogP contribution in [0.2, 0.25) is 0 Å². The number of benzene rings is 1. The molecule has 1 unspecified atom stereocenters. The lowest BCUT2D eigenvalue weighted by atomic mass is 9.68.